The summed E-state index contributed by atoms with van der Waals surface area (Å²) >= 11 is 0. The highest BCUT2D eigenvalue weighted by atomic mass is 16.7. The van der Waals surface area contributed by atoms with E-state index in [1.165, 1.54) is 61.8 Å². The Kier molecular flexibility index (Phi) is 7.55. The van der Waals surface area contributed by atoms with Crippen LogP contribution in [0, 0.1) is 11.8 Å². The van der Waals surface area contributed by atoms with Gasteiger partial charge in [0.1, 0.15) is 11.5 Å². The van der Waals surface area contributed by atoms with Crippen molar-refractivity contribution < 1.29 is 24.0 Å². The first kappa shape index (κ1) is 31.5. The minimum atomic E-state index is -0.735. The Hall–Kier alpha value is -5.24. The summed E-state index contributed by atoms with van der Waals surface area (Å²) in [5.41, 5.74) is 9.40. The fourth-order valence-corrected chi connectivity index (χ4v) is 9.54. The van der Waals surface area contributed by atoms with Gasteiger partial charge in [0.15, 0.2) is 0 Å². The molecular weight excluding hydrogens is 650 g/mol. The predicted octanol–water partition coefficient (Wildman–Crippen LogP) is 7.44. The molecule has 0 bridgehead atoms. The fraction of sp³-hybridized carbons (Fsp3) is 0.364. The molecule has 4 atom stereocenters. The number of amides is 2. The van der Waals surface area contributed by atoms with E-state index in [4.69, 9.17) is 14.6 Å². The number of benzene rings is 4. The highest BCUT2D eigenvalue weighted by Crippen LogP contribution is 2.43. The van der Waals surface area contributed by atoms with Crippen LogP contribution in [0.1, 0.15) is 91.3 Å². The van der Waals surface area contributed by atoms with Gasteiger partial charge in [0, 0.05) is 41.4 Å². The summed E-state index contributed by atoms with van der Waals surface area (Å²) < 4.78 is 6.96. The molecule has 4 aromatic rings. The second-order valence-electron chi connectivity index (χ2n) is 15.5. The van der Waals surface area contributed by atoms with E-state index in [0.29, 0.717) is 23.1 Å². The van der Waals surface area contributed by atoms with Gasteiger partial charge in [-0.3, -0.25) is 14.6 Å². The molecule has 52 heavy (non-hydrogen) atoms. The van der Waals surface area contributed by atoms with Crippen LogP contribution in [0.25, 0.3) is 28.3 Å². The molecule has 3 fully saturated rings. The topological polar surface area (TPSA) is 97.3 Å². The van der Waals surface area contributed by atoms with Gasteiger partial charge in [-0.2, -0.15) is 0 Å². The van der Waals surface area contributed by atoms with Crippen molar-refractivity contribution in [1.29, 1.82) is 0 Å². The first-order valence-corrected chi connectivity index (χ1v) is 19.1. The molecule has 262 valence electrons. The number of ether oxygens (including phenoxy) is 1. The largest absolute Gasteiger partial charge is 0.455 e. The van der Waals surface area contributed by atoms with Crippen LogP contribution in [0.4, 0.5) is 5.69 Å². The summed E-state index contributed by atoms with van der Waals surface area (Å²) in [5.74, 6) is 1.36. The number of nitrogens with zero attached hydrogens (tertiary/aromatic N) is 2. The number of imide groups is 1. The van der Waals surface area contributed by atoms with E-state index < -0.39 is 17.8 Å². The van der Waals surface area contributed by atoms with Gasteiger partial charge in [-0.05, 0) is 109 Å². The third-order valence-corrected chi connectivity index (χ3v) is 12.3. The lowest BCUT2D eigenvalue weighted by Gasteiger charge is -2.38. The monoisotopic (exact) mass is 691 g/mol. The van der Waals surface area contributed by atoms with Crippen LogP contribution in [-0.2, 0) is 27.3 Å². The summed E-state index contributed by atoms with van der Waals surface area (Å²) in [6.45, 7) is 0. The van der Waals surface area contributed by atoms with Gasteiger partial charge >= 0.3 is 5.97 Å². The van der Waals surface area contributed by atoms with Gasteiger partial charge in [0.05, 0.1) is 22.5 Å². The molecule has 1 saturated heterocycles. The van der Waals surface area contributed by atoms with E-state index in [9.17, 15) is 14.4 Å². The molecule has 4 aliphatic heterocycles. The van der Waals surface area contributed by atoms with Gasteiger partial charge in [0.25, 0.3) is 11.8 Å². The van der Waals surface area contributed by atoms with Crippen molar-refractivity contribution in [3.8, 4) is 33.8 Å². The number of hydrogen-bond acceptors (Lipinski definition) is 7. The third kappa shape index (κ3) is 5.42. The average Bonchev–Trinajstić information content (AvgIpc) is 3.49. The van der Waals surface area contributed by atoms with E-state index in [-0.39, 0.29) is 18.4 Å². The second-order valence-corrected chi connectivity index (χ2v) is 15.5. The van der Waals surface area contributed by atoms with Crippen molar-refractivity contribution in [2.24, 2.45) is 16.8 Å². The van der Waals surface area contributed by atoms with Crippen molar-refractivity contribution in [3.05, 3.63) is 99.6 Å². The lowest BCUT2D eigenvalue weighted by atomic mass is 9.77. The Morgan fingerprint density at radius 3 is 2.23 bits per heavy atom. The van der Waals surface area contributed by atoms with Crippen LogP contribution in [0.2, 0.25) is 0 Å². The highest BCUT2D eigenvalue weighted by Gasteiger charge is 2.35. The Morgan fingerprint density at radius 1 is 0.769 bits per heavy atom. The van der Waals surface area contributed by atoms with E-state index in [1.807, 2.05) is 12.1 Å². The van der Waals surface area contributed by atoms with Gasteiger partial charge < -0.3 is 14.9 Å². The Balaban J connectivity index is 1.00. The molecule has 0 radical (unpaired) electrons. The molecule has 2 aliphatic carbocycles. The quantitative estimate of drug-likeness (QED) is 0.197. The molecule has 4 heterocycles. The smallest absolute Gasteiger partial charge is 0.363 e. The summed E-state index contributed by atoms with van der Waals surface area (Å²) in [4.78, 5) is 47.0. The van der Waals surface area contributed by atoms with E-state index in [1.54, 1.807) is 12.1 Å². The normalized spacial score (nSPS) is 24.0. The molecule has 0 aromatic heterocycles. The number of carbonyl (C=O) groups excluding carboxylic acids is 3. The molecule has 6 aliphatic rings. The van der Waals surface area contributed by atoms with Crippen molar-refractivity contribution in [1.82, 2.24) is 5.06 Å². The number of nitrogens with one attached hydrogen (secondary N) is 1. The lowest BCUT2D eigenvalue weighted by Crippen LogP contribution is -2.37. The summed E-state index contributed by atoms with van der Waals surface area (Å²) in [6.07, 6.45) is 14.7. The van der Waals surface area contributed by atoms with Crippen LogP contribution >= 0.6 is 0 Å². The lowest BCUT2D eigenvalue weighted by molar-refractivity contribution is -0.172. The maximum atomic E-state index is 12.7. The minimum absolute atomic E-state index is 0.0580. The van der Waals surface area contributed by atoms with Crippen LogP contribution < -0.4 is 20.6 Å². The number of hydroxylamine groups is 2. The van der Waals surface area contributed by atoms with Crippen molar-refractivity contribution in [2.45, 2.75) is 89.1 Å². The summed E-state index contributed by atoms with van der Waals surface area (Å²) in [5, 5.41) is 6.65. The number of anilines is 1. The minimum Gasteiger partial charge on any atom is -0.455 e. The number of rotatable bonds is 4. The molecule has 4 aromatic carbocycles. The third-order valence-electron chi connectivity index (χ3n) is 12.3. The Bertz CT molecular complexity index is 2260. The zero-order chi connectivity index (χ0) is 34.9. The molecule has 2 saturated carbocycles. The Morgan fingerprint density at radius 2 is 1.44 bits per heavy atom. The zero-order valence-electron chi connectivity index (χ0n) is 29.2. The SMILES string of the molecule is O=C(ON1C(=O)CCC1=O)c1ccc(-c2ccc(-c3c4c(cc5c3=NC3CCCCC3C5)=Cc3cc5c(cc3O4)NC3CCCCC3C5)cc2)cc1. The van der Waals surface area contributed by atoms with Crippen molar-refractivity contribution in [2.75, 3.05) is 5.32 Å². The molecule has 8 heteroatoms. The summed E-state index contributed by atoms with van der Waals surface area (Å²) in [7, 11) is 0. The predicted molar refractivity (Wildman–Crippen MR) is 197 cm³/mol. The number of fused-ring (bicyclic) bond motifs is 6. The molecule has 0 spiro atoms. The zero-order valence-corrected chi connectivity index (χ0v) is 29.2. The van der Waals surface area contributed by atoms with Crippen LogP contribution in [-0.4, -0.2) is 34.9 Å². The molecule has 8 nitrogen and oxygen atoms in total. The average molecular weight is 692 g/mol. The molecular formula is C44H41N3O5. The molecule has 10 rings (SSSR count). The van der Waals surface area contributed by atoms with Crippen LogP contribution in [0.5, 0.6) is 11.5 Å². The van der Waals surface area contributed by atoms with Gasteiger partial charge in [-0.25, -0.2) is 4.79 Å². The van der Waals surface area contributed by atoms with Crippen molar-refractivity contribution in [3.63, 3.8) is 0 Å². The van der Waals surface area contributed by atoms with Crippen LogP contribution in [0.3, 0.4) is 0 Å². The number of hydrogen-bond donors (Lipinski definition) is 1. The van der Waals surface area contributed by atoms with Crippen molar-refractivity contribution >= 4 is 29.5 Å². The standard InChI is InChI=1S/C44H41N3O5/c48-39-17-18-40(49)47(39)52-44(50)28-15-11-26(12-16-28)25-9-13-27(14-10-25)41-42-33(20-30-6-2-4-8-36(30)46-42)23-34-22-32-21-31-19-29-5-1-3-7-35(29)45-37(31)24-38(32)51-43(34)41/h9-16,21-24,29-30,35-36,45H,1-8,17-20H2. The first-order valence-electron chi connectivity index (χ1n) is 19.1. The molecule has 1 N–H and O–H groups in total. The van der Waals surface area contributed by atoms with E-state index in [0.717, 1.165) is 75.1 Å². The Labute approximate surface area is 302 Å². The maximum absolute atomic E-state index is 12.7. The molecule has 2 amide bonds. The summed E-state index contributed by atoms with van der Waals surface area (Å²) in [6, 6.07) is 23.4. The van der Waals surface area contributed by atoms with Gasteiger partial charge in [-0.15, -0.1) is 5.06 Å². The van der Waals surface area contributed by atoms with Gasteiger partial charge in [0.2, 0.25) is 0 Å². The van der Waals surface area contributed by atoms with Gasteiger partial charge in [-0.1, -0.05) is 62.1 Å². The highest BCUT2D eigenvalue weighted by molar-refractivity contribution is 6.02. The first-order chi connectivity index (χ1) is 25.4. The van der Waals surface area contributed by atoms with Crippen LogP contribution in [0.15, 0.2) is 71.7 Å². The maximum Gasteiger partial charge on any atom is 0.363 e. The van der Waals surface area contributed by atoms with E-state index >= 15 is 0 Å². The van der Waals surface area contributed by atoms with E-state index in [2.05, 4.69) is 53.9 Å². The second kappa shape index (κ2) is 12.5. The number of carbonyl (C=O) groups is 3. The fourth-order valence-electron chi connectivity index (χ4n) is 9.54. The molecule has 4 unspecified atom stereocenters.